The fourth-order valence-electron chi connectivity index (χ4n) is 2.80. The Balaban J connectivity index is 1.85. The number of thiophene rings is 1. The van der Waals surface area contributed by atoms with Gasteiger partial charge in [0.25, 0.3) is 5.91 Å². The number of hydrogen-bond donors (Lipinski definition) is 1. The van der Waals surface area contributed by atoms with Crippen LogP contribution in [0.2, 0.25) is 5.02 Å². The SMILES string of the molecule is Cc1c(Cl)cccc1NC(=O)c1csc2c1CC[C@H](C)C2. The zero-order valence-corrected chi connectivity index (χ0v) is 13.8. The van der Waals surface area contributed by atoms with Gasteiger partial charge in [0.2, 0.25) is 0 Å². The van der Waals surface area contributed by atoms with Crippen LogP contribution in [0.4, 0.5) is 5.69 Å². The molecule has 1 atom stereocenters. The van der Waals surface area contributed by atoms with E-state index in [1.165, 1.54) is 16.9 Å². The molecule has 1 amide bonds. The lowest BCUT2D eigenvalue weighted by atomic mass is 9.88. The molecule has 1 aliphatic rings. The van der Waals surface area contributed by atoms with Gasteiger partial charge in [-0.1, -0.05) is 24.6 Å². The minimum Gasteiger partial charge on any atom is -0.322 e. The lowest BCUT2D eigenvalue weighted by molar-refractivity contribution is 0.102. The molecule has 0 spiro atoms. The number of anilines is 1. The highest BCUT2D eigenvalue weighted by atomic mass is 35.5. The first-order valence-electron chi connectivity index (χ1n) is 7.22. The van der Waals surface area contributed by atoms with Crippen molar-refractivity contribution >= 4 is 34.5 Å². The van der Waals surface area contributed by atoms with Gasteiger partial charge in [0.1, 0.15) is 0 Å². The molecule has 1 N–H and O–H groups in total. The summed E-state index contributed by atoms with van der Waals surface area (Å²) < 4.78 is 0. The van der Waals surface area contributed by atoms with E-state index in [0.29, 0.717) is 5.02 Å². The van der Waals surface area contributed by atoms with Gasteiger partial charge in [0.05, 0.1) is 5.56 Å². The first kappa shape index (κ1) is 14.6. The van der Waals surface area contributed by atoms with E-state index in [9.17, 15) is 4.79 Å². The lowest BCUT2D eigenvalue weighted by Gasteiger charge is -2.19. The first-order chi connectivity index (χ1) is 10.1. The molecule has 1 heterocycles. The van der Waals surface area contributed by atoms with Gasteiger partial charge >= 0.3 is 0 Å². The quantitative estimate of drug-likeness (QED) is 0.821. The van der Waals surface area contributed by atoms with Gasteiger partial charge in [-0.3, -0.25) is 4.79 Å². The second kappa shape index (κ2) is 5.82. The van der Waals surface area contributed by atoms with E-state index in [2.05, 4.69) is 12.2 Å². The van der Waals surface area contributed by atoms with Crippen molar-refractivity contribution in [2.24, 2.45) is 5.92 Å². The van der Waals surface area contributed by atoms with Crippen LogP contribution >= 0.6 is 22.9 Å². The van der Waals surface area contributed by atoms with E-state index in [0.717, 1.165) is 35.6 Å². The van der Waals surface area contributed by atoms with Crippen LogP contribution in [-0.2, 0) is 12.8 Å². The van der Waals surface area contributed by atoms with Gasteiger partial charge in [-0.15, -0.1) is 11.3 Å². The van der Waals surface area contributed by atoms with Crippen LogP contribution < -0.4 is 5.32 Å². The van der Waals surface area contributed by atoms with Crippen molar-refractivity contribution in [3.05, 3.63) is 50.2 Å². The molecule has 0 saturated carbocycles. The highest BCUT2D eigenvalue weighted by molar-refractivity contribution is 7.10. The number of carbonyl (C=O) groups is 1. The minimum atomic E-state index is -0.0209. The molecule has 0 bridgehead atoms. The summed E-state index contributed by atoms with van der Waals surface area (Å²) in [6.45, 7) is 4.19. The molecular weight excluding hydrogens is 302 g/mol. The largest absolute Gasteiger partial charge is 0.322 e. The molecule has 1 aliphatic carbocycles. The standard InChI is InChI=1S/C17H18ClNOS/c1-10-6-7-12-13(9-21-16(12)8-10)17(20)19-15-5-3-4-14(18)11(15)2/h3-5,9-10H,6-8H2,1-2H3,(H,19,20)/t10-/m0/s1. The Morgan fingerprint density at radius 1 is 1.43 bits per heavy atom. The molecule has 1 aromatic carbocycles. The monoisotopic (exact) mass is 319 g/mol. The smallest absolute Gasteiger partial charge is 0.256 e. The molecule has 2 nitrogen and oxygen atoms in total. The molecule has 1 aromatic heterocycles. The first-order valence-corrected chi connectivity index (χ1v) is 8.47. The normalized spacial score (nSPS) is 17.4. The third kappa shape index (κ3) is 2.85. The highest BCUT2D eigenvalue weighted by Crippen LogP contribution is 2.33. The third-order valence-corrected chi connectivity index (χ3v) is 5.62. The maximum atomic E-state index is 12.5. The summed E-state index contributed by atoms with van der Waals surface area (Å²) in [5.74, 6) is 0.703. The van der Waals surface area contributed by atoms with Crippen LogP contribution in [0.3, 0.4) is 0 Å². The van der Waals surface area contributed by atoms with E-state index in [1.807, 2.05) is 30.5 Å². The Hall–Kier alpha value is -1.32. The van der Waals surface area contributed by atoms with E-state index >= 15 is 0 Å². The Kier molecular flexibility index (Phi) is 4.05. The summed E-state index contributed by atoms with van der Waals surface area (Å²) in [4.78, 5) is 13.9. The van der Waals surface area contributed by atoms with Crippen LogP contribution in [0.25, 0.3) is 0 Å². The number of carbonyl (C=O) groups excluding carboxylic acids is 1. The summed E-state index contributed by atoms with van der Waals surface area (Å²) in [6.07, 6.45) is 3.28. The molecule has 0 saturated heterocycles. The second-order valence-electron chi connectivity index (χ2n) is 5.77. The zero-order chi connectivity index (χ0) is 15.0. The number of fused-ring (bicyclic) bond motifs is 1. The predicted octanol–water partition coefficient (Wildman–Crippen LogP) is 5.09. The van der Waals surface area contributed by atoms with Crippen LogP contribution in [-0.4, -0.2) is 5.91 Å². The molecule has 110 valence electrons. The number of rotatable bonds is 2. The van der Waals surface area contributed by atoms with Gasteiger partial charge in [0.15, 0.2) is 0 Å². The van der Waals surface area contributed by atoms with Crippen LogP contribution in [0.15, 0.2) is 23.6 Å². The van der Waals surface area contributed by atoms with Crippen molar-refractivity contribution in [2.45, 2.75) is 33.1 Å². The van der Waals surface area contributed by atoms with Gasteiger partial charge in [-0.2, -0.15) is 0 Å². The van der Waals surface area contributed by atoms with Crippen LogP contribution in [0, 0.1) is 12.8 Å². The third-order valence-electron chi connectivity index (χ3n) is 4.16. The summed E-state index contributed by atoms with van der Waals surface area (Å²) in [5.41, 5.74) is 3.78. The Bertz CT molecular complexity index is 692. The fraction of sp³-hybridized carbons (Fsp3) is 0.353. The number of hydrogen-bond acceptors (Lipinski definition) is 2. The van der Waals surface area contributed by atoms with Crippen molar-refractivity contribution in [2.75, 3.05) is 5.32 Å². The van der Waals surface area contributed by atoms with E-state index in [1.54, 1.807) is 11.3 Å². The minimum absolute atomic E-state index is 0.0209. The molecular formula is C17H18ClNOS. The molecule has 4 heteroatoms. The van der Waals surface area contributed by atoms with E-state index in [-0.39, 0.29) is 5.91 Å². The number of nitrogens with one attached hydrogen (secondary N) is 1. The van der Waals surface area contributed by atoms with Crippen molar-refractivity contribution in [3.8, 4) is 0 Å². The Morgan fingerprint density at radius 3 is 3.05 bits per heavy atom. The summed E-state index contributed by atoms with van der Waals surface area (Å²) in [5, 5.41) is 5.67. The van der Waals surface area contributed by atoms with E-state index < -0.39 is 0 Å². The van der Waals surface area contributed by atoms with Crippen molar-refractivity contribution < 1.29 is 4.79 Å². The zero-order valence-electron chi connectivity index (χ0n) is 12.2. The van der Waals surface area contributed by atoms with E-state index in [4.69, 9.17) is 11.6 Å². The average Bonchev–Trinajstić information content (AvgIpc) is 2.86. The fourth-order valence-corrected chi connectivity index (χ4v) is 4.22. The summed E-state index contributed by atoms with van der Waals surface area (Å²) in [6, 6.07) is 5.58. The summed E-state index contributed by atoms with van der Waals surface area (Å²) >= 11 is 7.82. The number of halogens is 1. The van der Waals surface area contributed by atoms with Crippen LogP contribution in [0.1, 0.15) is 39.7 Å². The molecule has 2 aromatic rings. The highest BCUT2D eigenvalue weighted by Gasteiger charge is 2.23. The summed E-state index contributed by atoms with van der Waals surface area (Å²) in [7, 11) is 0. The van der Waals surface area contributed by atoms with Gasteiger partial charge in [0, 0.05) is 21.0 Å². The van der Waals surface area contributed by atoms with Crippen molar-refractivity contribution in [1.29, 1.82) is 0 Å². The average molecular weight is 320 g/mol. The van der Waals surface area contributed by atoms with Gasteiger partial charge < -0.3 is 5.32 Å². The number of amides is 1. The van der Waals surface area contributed by atoms with Gasteiger partial charge in [-0.25, -0.2) is 0 Å². The molecule has 0 radical (unpaired) electrons. The lowest BCUT2D eigenvalue weighted by Crippen LogP contribution is -2.17. The van der Waals surface area contributed by atoms with Crippen LogP contribution in [0.5, 0.6) is 0 Å². The molecule has 21 heavy (non-hydrogen) atoms. The maximum Gasteiger partial charge on any atom is 0.256 e. The number of benzene rings is 1. The Labute approximate surface area is 134 Å². The Morgan fingerprint density at radius 2 is 2.24 bits per heavy atom. The maximum absolute atomic E-state index is 12.5. The molecule has 3 rings (SSSR count). The van der Waals surface area contributed by atoms with Gasteiger partial charge in [-0.05, 0) is 55.4 Å². The van der Waals surface area contributed by atoms with Crippen molar-refractivity contribution in [1.82, 2.24) is 0 Å². The molecule has 0 fully saturated rings. The predicted molar refractivity (Wildman–Crippen MR) is 89.7 cm³/mol. The topological polar surface area (TPSA) is 29.1 Å². The second-order valence-corrected chi connectivity index (χ2v) is 7.14. The van der Waals surface area contributed by atoms with Crippen molar-refractivity contribution in [3.63, 3.8) is 0 Å². The molecule has 0 aliphatic heterocycles. The molecule has 0 unspecified atom stereocenters.